The Balaban J connectivity index is 2.03. The van der Waals surface area contributed by atoms with Crippen molar-refractivity contribution >= 4 is 5.91 Å². The molecule has 0 spiro atoms. The molecule has 12 heavy (non-hydrogen) atoms. The van der Waals surface area contributed by atoms with Crippen molar-refractivity contribution in [2.75, 3.05) is 13.1 Å². The zero-order valence-corrected chi connectivity index (χ0v) is 7.43. The zero-order valence-electron chi connectivity index (χ0n) is 7.43. The molecule has 1 saturated heterocycles. The van der Waals surface area contributed by atoms with E-state index in [1.807, 2.05) is 6.92 Å². The van der Waals surface area contributed by atoms with Gasteiger partial charge in [-0.05, 0) is 19.4 Å². The number of amides is 1. The minimum atomic E-state index is -0.0237. The fourth-order valence-electron chi connectivity index (χ4n) is 1.16. The molecule has 1 aliphatic rings. The van der Waals surface area contributed by atoms with Crippen LogP contribution < -0.4 is 10.8 Å². The van der Waals surface area contributed by atoms with Crippen LogP contribution in [0.25, 0.3) is 0 Å². The van der Waals surface area contributed by atoms with E-state index in [0.717, 1.165) is 25.9 Å². The molecular formula is C8H16N2O2. The number of hydrogen-bond acceptors (Lipinski definition) is 3. The molecule has 1 rings (SSSR count). The highest BCUT2D eigenvalue weighted by Gasteiger charge is 2.15. The van der Waals surface area contributed by atoms with Crippen LogP contribution in [-0.2, 0) is 9.63 Å². The molecule has 70 valence electrons. The van der Waals surface area contributed by atoms with Crippen molar-refractivity contribution in [2.45, 2.75) is 32.3 Å². The lowest BCUT2D eigenvalue weighted by Gasteiger charge is -2.09. The van der Waals surface area contributed by atoms with Gasteiger partial charge in [0.05, 0.1) is 6.10 Å². The lowest BCUT2D eigenvalue weighted by molar-refractivity contribution is -0.137. The van der Waals surface area contributed by atoms with Gasteiger partial charge in [0.25, 0.3) is 0 Å². The van der Waals surface area contributed by atoms with Gasteiger partial charge in [-0.25, -0.2) is 5.48 Å². The minimum Gasteiger partial charge on any atom is -0.314 e. The highest BCUT2D eigenvalue weighted by atomic mass is 16.7. The summed E-state index contributed by atoms with van der Waals surface area (Å²) in [5, 5.41) is 3.15. The summed E-state index contributed by atoms with van der Waals surface area (Å²) in [4.78, 5) is 16.1. The third-order valence-electron chi connectivity index (χ3n) is 1.83. The van der Waals surface area contributed by atoms with Crippen LogP contribution in [0.2, 0.25) is 0 Å². The molecule has 4 nitrogen and oxygen atoms in total. The van der Waals surface area contributed by atoms with Crippen molar-refractivity contribution in [3.05, 3.63) is 0 Å². The Kier molecular flexibility index (Phi) is 4.04. The van der Waals surface area contributed by atoms with E-state index in [1.165, 1.54) is 0 Å². The van der Waals surface area contributed by atoms with Gasteiger partial charge in [0.1, 0.15) is 0 Å². The number of nitrogens with one attached hydrogen (secondary N) is 2. The van der Waals surface area contributed by atoms with E-state index in [2.05, 4.69) is 10.8 Å². The van der Waals surface area contributed by atoms with Gasteiger partial charge >= 0.3 is 0 Å². The lowest BCUT2D eigenvalue weighted by Crippen LogP contribution is -2.30. The SMILES string of the molecule is CCCC(=O)NOC1CCNC1. The summed E-state index contributed by atoms with van der Waals surface area (Å²) >= 11 is 0. The summed E-state index contributed by atoms with van der Waals surface area (Å²) < 4.78 is 0. The Morgan fingerprint density at radius 3 is 3.17 bits per heavy atom. The molecule has 1 atom stereocenters. The monoisotopic (exact) mass is 172 g/mol. The van der Waals surface area contributed by atoms with Crippen LogP contribution in [0.15, 0.2) is 0 Å². The summed E-state index contributed by atoms with van der Waals surface area (Å²) in [6.07, 6.45) is 2.54. The summed E-state index contributed by atoms with van der Waals surface area (Å²) in [6, 6.07) is 0. The maximum atomic E-state index is 10.9. The van der Waals surface area contributed by atoms with Gasteiger partial charge in [-0.15, -0.1) is 0 Å². The predicted octanol–water partition coefficient (Wildman–Crippen LogP) is 0.196. The van der Waals surface area contributed by atoms with Crippen molar-refractivity contribution < 1.29 is 9.63 Å². The van der Waals surface area contributed by atoms with Gasteiger partial charge in [-0.2, -0.15) is 0 Å². The fourth-order valence-corrected chi connectivity index (χ4v) is 1.16. The van der Waals surface area contributed by atoms with Crippen molar-refractivity contribution in [2.24, 2.45) is 0 Å². The second-order valence-corrected chi connectivity index (χ2v) is 3.01. The molecule has 1 amide bonds. The van der Waals surface area contributed by atoms with Crippen LogP contribution in [0.3, 0.4) is 0 Å². The molecule has 1 unspecified atom stereocenters. The van der Waals surface area contributed by atoms with E-state index in [4.69, 9.17) is 4.84 Å². The molecule has 0 aliphatic carbocycles. The number of carbonyl (C=O) groups is 1. The molecule has 0 aromatic rings. The number of rotatable bonds is 4. The third kappa shape index (κ3) is 3.19. The molecule has 4 heteroatoms. The van der Waals surface area contributed by atoms with Crippen LogP contribution in [0.5, 0.6) is 0 Å². The van der Waals surface area contributed by atoms with Gasteiger partial charge < -0.3 is 5.32 Å². The number of hydroxylamine groups is 1. The first-order valence-electron chi connectivity index (χ1n) is 4.48. The molecule has 0 radical (unpaired) electrons. The molecule has 1 heterocycles. The van der Waals surface area contributed by atoms with Gasteiger partial charge in [-0.3, -0.25) is 9.63 Å². The van der Waals surface area contributed by atoms with Crippen molar-refractivity contribution in [3.63, 3.8) is 0 Å². The molecule has 2 N–H and O–H groups in total. The average molecular weight is 172 g/mol. The Labute approximate surface area is 72.6 Å². The predicted molar refractivity (Wildman–Crippen MR) is 45.4 cm³/mol. The number of carbonyl (C=O) groups excluding carboxylic acids is 1. The average Bonchev–Trinajstić information content (AvgIpc) is 2.53. The van der Waals surface area contributed by atoms with E-state index in [1.54, 1.807) is 0 Å². The molecule has 0 aromatic heterocycles. The first-order chi connectivity index (χ1) is 5.83. The van der Waals surface area contributed by atoms with Gasteiger partial charge in [-0.1, -0.05) is 6.92 Å². The lowest BCUT2D eigenvalue weighted by atomic mass is 10.3. The van der Waals surface area contributed by atoms with Crippen LogP contribution in [0.1, 0.15) is 26.2 Å². The molecule has 0 saturated carbocycles. The van der Waals surface area contributed by atoms with Gasteiger partial charge in [0, 0.05) is 13.0 Å². The maximum absolute atomic E-state index is 10.9. The maximum Gasteiger partial charge on any atom is 0.243 e. The van der Waals surface area contributed by atoms with Crippen LogP contribution in [0.4, 0.5) is 0 Å². The van der Waals surface area contributed by atoms with Crippen LogP contribution in [-0.4, -0.2) is 25.1 Å². The first kappa shape index (κ1) is 9.48. The Morgan fingerprint density at radius 2 is 2.58 bits per heavy atom. The highest BCUT2D eigenvalue weighted by molar-refractivity contribution is 5.74. The topological polar surface area (TPSA) is 50.4 Å². The summed E-state index contributed by atoms with van der Waals surface area (Å²) in [7, 11) is 0. The molecule has 0 bridgehead atoms. The summed E-state index contributed by atoms with van der Waals surface area (Å²) in [6.45, 7) is 3.79. The summed E-state index contributed by atoms with van der Waals surface area (Å²) in [5.74, 6) is -0.0237. The molecule has 0 aromatic carbocycles. The molecular weight excluding hydrogens is 156 g/mol. The van der Waals surface area contributed by atoms with E-state index < -0.39 is 0 Å². The molecule has 1 fully saturated rings. The second kappa shape index (κ2) is 5.11. The van der Waals surface area contributed by atoms with Crippen molar-refractivity contribution in [1.29, 1.82) is 0 Å². The van der Waals surface area contributed by atoms with E-state index in [-0.39, 0.29) is 12.0 Å². The Morgan fingerprint density at radius 1 is 1.75 bits per heavy atom. The van der Waals surface area contributed by atoms with E-state index >= 15 is 0 Å². The second-order valence-electron chi connectivity index (χ2n) is 3.01. The van der Waals surface area contributed by atoms with E-state index in [0.29, 0.717) is 6.42 Å². The highest BCUT2D eigenvalue weighted by Crippen LogP contribution is 2.00. The normalized spacial score (nSPS) is 22.6. The third-order valence-corrected chi connectivity index (χ3v) is 1.83. The van der Waals surface area contributed by atoms with E-state index in [9.17, 15) is 4.79 Å². The van der Waals surface area contributed by atoms with Gasteiger partial charge in [0.2, 0.25) is 5.91 Å². The standard InChI is InChI=1S/C8H16N2O2/c1-2-3-8(11)10-12-7-4-5-9-6-7/h7,9H,2-6H2,1H3,(H,10,11). The number of hydrogen-bond donors (Lipinski definition) is 2. The largest absolute Gasteiger partial charge is 0.314 e. The van der Waals surface area contributed by atoms with Gasteiger partial charge in [0.15, 0.2) is 0 Å². The Bertz CT molecular complexity index is 144. The van der Waals surface area contributed by atoms with Crippen LogP contribution in [0, 0.1) is 0 Å². The smallest absolute Gasteiger partial charge is 0.243 e. The minimum absolute atomic E-state index is 0.0237. The quantitative estimate of drug-likeness (QED) is 0.595. The van der Waals surface area contributed by atoms with Crippen molar-refractivity contribution in [3.8, 4) is 0 Å². The fraction of sp³-hybridized carbons (Fsp3) is 0.875. The zero-order chi connectivity index (χ0) is 8.81. The summed E-state index contributed by atoms with van der Waals surface area (Å²) in [5.41, 5.74) is 2.45. The molecule has 1 aliphatic heterocycles. The first-order valence-corrected chi connectivity index (χ1v) is 4.48. The van der Waals surface area contributed by atoms with Crippen molar-refractivity contribution in [1.82, 2.24) is 10.8 Å². The van der Waals surface area contributed by atoms with Crippen LogP contribution >= 0.6 is 0 Å². The Hall–Kier alpha value is -0.610.